The molecule has 2 rings (SSSR count). The van der Waals surface area contributed by atoms with Gasteiger partial charge in [-0.3, -0.25) is 0 Å². The molecule has 0 bridgehead atoms. The molecule has 0 aliphatic heterocycles. The first-order valence-electron chi connectivity index (χ1n) is 4.82. The fourth-order valence-corrected chi connectivity index (χ4v) is 1.66. The minimum Gasteiger partial charge on any atom is -0.326 e. The normalized spacial score (nSPS) is 10.4. The Kier molecular flexibility index (Phi) is 3.17. The standard InChI is InChI=1S/C12H10ClFN2/c13-12-9(7-15)4-5-11(16-12)8-2-1-3-10(14)6-8/h1-6H,7,15H2. The Morgan fingerprint density at radius 1 is 1.25 bits per heavy atom. The van der Waals surface area contributed by atoms with Crippen molar-refractivity contribution < 1.29 is 4.39 Å². The summed E-state index contributed by atoms with van der Waals surface area (Å²) in [5.74, 6) is -0.293. The third kappa shape index (κ3) is 2.21. The Hall–Kier alpha value is -1.45. The lowest BCUT2D eigenvalue weighted by molar-refractivity contribution is 0.628. The molecule has 0 spiro atoms. The summed E-state index contributed by atoms with van der Waals surface area (Å²) in [4.78, 5) is 4.17. The monoisotopic (exact) mass is 236 g/mol. The van der Waals surface area contributed by atoms with Crippen molar-refractivity contribution in [3.05, 3.63) is 52.9 Å². The molecule has 2 aromatic rings. The summed E-state index contributed by atoms with van der Waals surface area (Å²) in [7, 11) is 0. The number of benzene rings is 1. The maximum atomic E-state index is 13.0. The average Bonchev–Trinajstić information content (AvgIpc) is 2.29. The molecule has 0 fully saturated rings. The van der Waals surface area contributed by atoms with E-state index >= 15 is 0 Å². The number of hydrogen-bond donors (Lipinski definition) is 1. The van der Waals surface area contributed by atoms with Crippen molar-refractivity contribution in [1.82, 2.24) is 4.98 Å². The molecule has 1 aromatic heterocycles. The minimum absolute atomic E-state index is 0.293. The third-order valence-corrected chi connectivity index (χ3v) is 2.59. The van der Waals surface area contributed by atoms with Crippen molar-refractivity contribution >= 4 is 11.6 Å². The maximum Gasteiger partial charge on any atom is 0.134 e. The zero-order valence-corrected chi connectivity index (χ0v) is 9.21. The van der Waals surface area contributed by atoms with Gasteiger partial charge in [-0.05, 0) is 18.2 Å². The Labute approximate surface area is 97.9 Å². The van der Waals surface area contributed by atoms with Gasteiger partial charge in [0.1, 0.15) is 11.0 Å². The molecule has 2 nitrogen and oxygen atoms in total. The van der Waals surface area contributed by atoms with E-state index in [1.165, 1.54) is 12.1 Å². The molecule has 2 N–H and O–H groups in total. The van der Waals surface area contributed by atoms with E-state index in [1.807, 2.05) is 0 Å². The van der Waals surface area contributed by atoms with Crippen molar-refractivity contribution in [3.8, 4) is 11.3 Å². The van der Waals surface area contributed by atoms with E-state index < -0.39 is 0 Å². The number of pyridine rings is 1. The lowest BCUT2D eigenvalue weighted by Crippen LogP contribution is -1.99. The molecular weight excluding hydrogens is 227 g/mol. The van der Waals surface area contributed by atoms with Crippen LogP contribution in [0.15, 0.2) is 36.4 Å². The van der Waals surface area contributed by atoms with Crippen LogP contribution in [0, 0.1) is 5.82 Å². The van der Waals surface area contributed by atoms with Gasteiger partial charge in [0.05, 0.1) is 5.69 Å². The van der Waals surface area contributed by atoms with Gasteiger partial charge in [-0.25, -0.2) is 9.37 Å². The van der Waals surface area contributed by atoms with Gasteiger partial charge in [-0.15, -0.1) is 0 Å². The van der Waals surface area contributed by atoms with Crippen LogP contribution in [0.5, 0.6) is 0 Å². The van der Waals surface area contributed by atoms with Crippen LogP contribution in [0.2, 0.25) is 5.15 Å². The van der Waals surface area contributed by atoms with Crippen LogP contribution in [-0.4, -0.2) is 4.98 Å². The Morgan fingerprint density at radius 2 is 2.06 bits per heavy atom. The van der Waals surface area contributed by atoms with Crippen molar-refractivity contribution in [1.29, 1.82) is 0 Å². The molecule has 0 atom stereocenters. The first-order chi connectivity index (χ1) is 7.70. The summed E-state index contributed by atoms with van der Waals surface area (Å²) in [6, 6.07) is 9.81. The molecule has 0 unspecified atom stereocenters. The van der Waals surface area contributed by atoms with Crippen molar-refractivity contribution in [2.75, 3.05) is 0 Å². The second-order valence-electron chi connectivity index (χ2n) is 3.36. The minimum atomic E-state index is -0.293. The zero-order valence-electron chi connectivity index (χ0n) is 8.45. The van der Waals surface area contributed by atoms with Gasteiger partial charge < -0.3 is 5.73 Å². The highest BCUT2D eigenvalue weighted by Crippen LogP contribution is 2.22. The summed E-state index contributed by atoms with van der Waals surface area (Å²) in [6.45, 7) is 0.343. The number of aromatic nitrogens is 1. The largest absolute Gasteiger partial charge is 0.326 e. The van der Waals surface area contributed by atoms with E-state index in [4.69, 9.17) is 17.3 Å². The molecule has 0 saturated heterocycles. The summed E-state index contributed by atoms with van der Waals surface area (Å²) in [5.41, 5.74) is 7.60. The van der Waals surface area contributed by atoms with Crippen LogP contribution in [0.25, 0.3) is 11.3 Å². The molecule has 82 valence electrons. The van der Waals surface area contributed by atoms with Gasteiger partial charge in [-0.1, -0.05) is 29.8 Å². The molecule has 4 heteroatoms. The highest BCUT2D eigenvalue weighted by molar-refractivity contribution is 6.30. The molecule has 0 amide bonds. The summed E-state index contributed by atoms with van der Waals surface area (Å²) in [6.07, 6.45) is 0. The van der Waals surface area contributed by atoms with Crippen LogP contribution in [-0.2, 0) is 6.54 Å². The van der Waals surface area contributed by atoms with Crippen molar-refractivity contribution in [3.63, 3.8) is 0 Å². The molecule has 0 radical (unpaired) electrons. The third-order valence-electron chi connectivity index (χ3n) is 2.27. The Balaban J connectivity index is 2.45. The van der Waals surface area contributed by atoms with Crippen molar-refractivity contribution in [2.24, 2.45) is 5.73 Å². The van der Waals surface area contributed by atoms with E-state index in [0.29, 0.717) is 23.0 Å². The maximum absolute atomic E-state index is 13.0. The number of nitrogens with two attached hydrogens (primary N) is 1. The molecule has 0 aliphatic carbocycles. The Morgan fingerprint density at radius 3 is 2.69 bits per heavy atom. The predicted molar refractivity (Wildman–Crippen MR) is 62.5 cm³/mol. The first-order valence-corrected chi connectivity index (χ1v) is 5.20. The van der Waals surface area contributed by atoms with E-state index in [0.717, 1.165) is 5.56 Å². The second kappa shape index (κ2) is 4.60. The fraction of sp³-hybridized carbons (Fsp3) is 0.0833. The van der Waals surface area contributed by atoms with Gasteiger partial charge in [0, 0.05) is 17.7 Å². The fourth-order valence-electron chi connectivity index (χ4n) is 1.42. The van der Waals surface area contributed by atoms with Gasteiger partial charge >= 0.3 is 0 Å². The van der Waals surface area contributed by atoms with Gasteiger partial charge in [0.25, 0.3) is 0 Å². The number of rotatable bonds is 2. The topological polar surface area (TPSA) is 38.9 Å². The van der Waals surface area contributed by atoms with Crippen LogP contribution in [0.3, 0.4) is 0 Å². The molecule has 16 heavy (non-hydrogen) atoms. The smallest absolute Gasteiger partial charge is 0.134 e. The van der Waals surface area contributed by atoms with Gasteiger partial charge in [0.15, 0.2) is 0 Å². The van der Waals surface area contributed by atoms with E-state index in [1.54, 1.807) is 24.3 Å². The molecule has 0 saturated carbocycles. The van der Waals surface area contributed by atoms with Gasteiger partial charge in [0.2, 0.25) is 0 Å². The van der Waals surface area contributed by atoms with Crippen LogP contribution in [0.4, 0.5) is 4.39 Å². The van der Waals surface area contributed by atoms with E-state index in [-0.39, 0.29) is 5.82 Å². The molecule has 0 aliphatic rings. The van der Waals surface area contributed by atoms with Crippen LogP contribution in [0.1, 0.15) is 5.56 Å². The molecule has 1 aromatic carbocycles. The van der Waals surface area contributed by atoms with Crippen LogP contribution >= 0.6 is 11.6 Å². The average molecular weight is 237 g/mol. The van der Waals surface area contributed by atoms with E-state index in [2.05, 4.69) is 4.98 Å². The number of hydrogen-bond acceptors (Lipinski definition) is 2. The SMILES string of the molecule is NCc1ccc(-c2cccc(F)c2)nc1Cl. The zero-order chi connectivity index (χ0) is 11.5. The lowest BCUT2D eigenvalue weighted by atomic mass is 10.1. The highest BCUT2D eigenvalue weighted by atomic mass is 35.5. The summed E-state index contributed by atoms with van der Waals surface area (Å²) >= 11 is 5.93. The summed E-state index contributed by atoms with van der Waals surface area (Å²) in [5, 5.41) is 0.365. The Bertz CT molecular complexity index is 514. The first kappa shape index (κ1) is 11.0. The van der Waals surface area contributed by atoms with E-state index in [9.17, 15) is 4.39 Å². The number of halogens is 2. The second-order valence-corrected chi connectivity index (χ2v) is 3.72. The van der Waals surface area contributed by atoms with Gasteiger partial charge in [-0.2, -0.15) is 0 Å². The van der Waals surface area contributed by atoms with Crippen LogP contribution < -0.4 is 5.73 Å². The number of nitrogens with zero attached hydrogens (tertiary/aromatic N) is 1. The summed E-state index contributed by atoms with van der Waals surface area (Å²) < 4.78 is 13.0. The quantitative estimate of drug-likeness (QED) is 0.815. The van der Waals surface area contributed by atoms with Crippen molar-refractivity contribution in [2.45, 2.75) is 6.54 Å². The lowest BCUT2D eigenvalue weighted by Gasteiger charge is -2.04. The highest BCUT2D eigenvalue weighted by Gasteiger charge is 2.04. The molecule has 1 heterocycles. The predicted octanol–water partition coefficient (Wildman–Crippen LogP) is 3.00. The molecular formula is C12H10ClFN2.